The zero-order valence-electron chi connectivity index (χ0n) is 16.2. The lowest BCUT2D eigenvalue weighted by molar-refractivity contribution is -0.559. The zero-order valence-corrected chi connectivity index (χ0v) is 16.2. The Morgan fingerprint density at radius 1 is 0.395 bits per heavy atom. The van der Waals surface area contributed by atoms with Crippen molar-refractivity contribution in [1.82, 2.24) is 0 Å². The monoisotopic (exact) mass is 626 g/mol. The summed E-state index contributed by atoms with van der Waals surface area (Å²) in [7, 11) is 0. The van der Waals surface area contributed by atoms with E-state index in [4.69, 9.17) is 0 Å². The molecule has 2 saturated carbocycles. The first-order chi connectivity index (χ1) is 16.1. The second kappa shape index (κ2) is 7.14. The first kappa shape index (κ1) is 32.5. The zero-order chi connectivity index (χ0) is 31.2. The van der Waals surface area contributed by atoms with E-state index >= 15 is 8.78 Å². The van der Waals surface area contributed by atoms with Crippen molar-refractivity contribution in [2.45, 2.75) is 82.9 Å². The SMILES string of the molecule is FC(F)C(F)(F)C(F)(F)C1(F)C(F)(C(F)F)C(F)(F)C(F)(F)C2(F)C(F)(F)C(F)(F)C(F)(F)C(F)(F)C21F. The highest BCUT2D eigenvalue weighted by atomic mass is 19.4. The molecule has 0 amide bonds. The lowest BCUT2D eigenvalue weighted by Gasteiger charge is -2.67. The van der Waals surface area contributed by atoms with Crippen LogP contribution in [0.25, 0.3) is 0 Å². The normalized spacial score (nSPS) is 41.2. The summed E-state index contributed by atoms with van der Waals surface area (Å²) >= 11 is 0. The fourth-order valence-electron chi connectivity index (χ4n) is 4.14. The van der Waals surface area contributed by atoms with Gasteiger partial charge in [-0.05, 0) is 0 Å². The molecule has 0 heterocycles. The van der Waals surface area contributed by atoms with Crippen LogP contribution in [0.1, 0.15) is 0 Å². The minimum Gasteiger partial charge on any atom is -0.229 e. The summed E-state index contributed by atoms with van der Waals surface area (Å²) in [6.45, 7) is 0. The summed E-state index contributed by atoms with van der Waals surface area (Å²) in [5.41, 5.74) is -38.2. The quantitative estimate of drug-likeness (QED) is 0.285. The molecule has 0 N–H and O–H groups in total. The van der Waals surface area contributed by atoms with Gasteiger partial charge in [0.1, 0.15) is 0 Å². The molecule has 4 atom stereocenters. The van der Waals surface area contributed by atoms with E-state index in [0.717, 1.165) is 0 Å². The van der Waals surface area contributed by atoms with Crippen LogP contribution < -0.4 is 0 Å². The van der Waals surface area contributed by atoms with Crippen LogP contribution in [0.15, 0.2) is 0 Å². The fraction of sp³-hybridized carbons (Fsp3) is 1.00. The molecule has 0 spiro atoms. The van der Waals surface area contributed by atoms with Gasteiger partial charge < -0.3 is 0 Å². The lowest BCUT2D eigenvalue weighted by Crippen LogP contribution is -3.02. The summed E-state index contributed by atoms with van der Waals surface area (Å²) in [5, 5.41) is 0. The number of fused-ring (bicyclic) bond motifs is 1. The van der Waals surface area contributed by atoms with Gasteiger partial charge in [-0.1, -0.05) is 0 Å². The second-order valence-electron chi connectivity index (χ2n) is 7.93. The predicted molar refractivity (Wildman–Crippen MR) is 66.9 cm³/mol. The molecule has 2 rings (SSSR count). The average molecular weight is 626 g/mol. The number of alkyl halides is 24. The lowest BCUT2D eigenvalue weighted by atomic mass is 9.46. The highest BCUT2D eigenvalue weighted by Gasteiger charge is 3.17. The van der Waals surface area contributed by atoms with Gasteiger partial charge in [0.2, 0.25) is 0 Å². The average Bonchev–Trinajstić information content (AvgIpc) is 2.73. The summed E-state index contributed by atoms with van der Waals surface area (Å²) in [4.78, 5) is 0. The van der Waals surface area contributed by atoms with E-state index < -0.39 is 82.9 Å². The third-order valence-electron chi connectivity index (χ3n) is 6.21. The Hall–Kier alpha value is -1.68. The topological polar surface area (TPSA) is 0 Å². The molecule has 0 aliphatic heterocycles. The Kier molecular flexibility index (Phi) is 6.11. The second-order valence-corrected chi connectivity index (χ2v) is 7.93. The van der Waals surface area contributed by atoms with Crippen LogP contribution in [0.3, 0.4) is 0 Å². The molecule has 38 heavy (non-hydrogen) atoms. The van der Waals surface area contributed by atoms with E-state index in [9.17, 15) is 96.6 Å². The molecule has 0 nitrogen and oxygen atoms in total. The van der Waals surface area contributed by atoms with Gasteiger partial charge in [-0.15, -0.1) is 0 Å². The molecule has 0 aromatic carbocycles. The molecule has 24 heteroatoms. The minimum absolute atomic E-state index is 6.64. The van der Waals surface area contributed by atoms with Gasteiger partial charge in [0.25, 0.3) is 29.1 Å². The van der Waals surface area contributed by atoms with Crippen molar-refractivity contribution >= 4 is 0 Å². The summed E-state index contributed by atoms with van der Waals surface area (Å²) in [5.74, 6) is -72.3. The van der Waals surface area contributed by atoms with E-state index in [2.05, 4.69) is 0 Å². The van der Waals surface area contributed by atoms with E-state index in [1.165, 1.54) is 0 Å². The smallest absolute Gasteiger partial charge is 0.229 e. The van der Waals surface area contributed by atoms with Crippen molar-refractivity contribution in [2.75, 3.05) is 0 Å². The third kappa shape index (κ3) is 2.35. The van der Waals surface area contributed by atoms with Crippen molar-refractivity contribution < 1.29 is 105 Å². The van der Waals surface area contributed by atoms with Gasteiger partial charge in [-0.2, -0.15) is 70.2 Å². The van der Waals surface area contributed by atoms with Crippen LogP contribution in [0, 0.1) is 0 Å². The van der Waals surface area contributed by atoms with Crippen LogP contribution in [0.2, 0.25) is 0 Å². The number of halogens is 24. The van der Waals surface area contributed by atoms with Crippen molar-refractivity contribution in [2.24, 2.45) is 0 Å². The summed E-state index contributed by atoms with van der Waals surface area (Å²) in [6, 6.07) is 0. The van der Waals surface area contributed by atoms with Crippen LogP contribution in [0.4, 0.5) is 105 Å². The van der Waals surface area contributed by atoms with E-state index in [0.29, 0.717) is 0 Å². The van der Waals surface area contributed by atoms with Gasteiger partial charge in [0.05, 0.1) is 0 Å². The van der Waals surface area contributed by atoms with Crippen LogP contribution in [-0.2, 0) is 0 Å². The molecule has 2 aliphatic rings. The van der Waals surface area contributed by atoms with Gasteiger partial charge in [-0.25, -0.2) is 35.1 Å². The predicted octanol–water partition coefficient (Wildman–Crippen LogP) is 7.46. The highest BCUT2D eigenvalue weighted by molar-refractivity contribution is 5.48. The molecule has 226 valence electrons. The molecule has 0 radical (unpaired) electrons. The Morgan fingerprint density at radius 2 is 0.684 bits per heavy atom. The van der Waals surface area contributed by atoms with Gasteiger partial charge in [-0.3, -0.25) is 0 Å². The molecular weight excluding hydrogens is 624 g/mol. The Balaban J connectivity index is 3.53. The van der Waals surface area contributed by atoms with Crippen molar-refractivity contribution in [1.29, 1.82) is 0 Å². The first-order valence-electron chi connectivity index (χ1n) is 8.48. The van der Waals surface area contributed by atoms with Crippen LogP contribution >= 0.6 is 0 Å². The number of hydrogen-bond acceptors (Lipinski definition) is 0. The molecule has 0 aromatic rings. The molecule has 0 saturated heterocycles. The summed E-state index contributed by atoms with van der Waals surface area (Å²) < 4.78 is 334. The molecule has 0 aromatic heterocycles. The van der Waals surface area contributed by atoms with E-state index in [-0.39, 0.29) is 0 Å². The largest absolute Gasteiger partial charge is 0.382 e. The standard InChI is InChI=1S/C14H2F24/c15-1(16)3(19)5(22,9(27,28)4(20,21)2(17)18)6(23)7(24,11(31,32)8(3,25)26)12(33,34)14(37,38)13(35,36)10(6,29)30/h1-2H. The molecule has 2 fully saturated rings. The molecule has 4 unspecified atom stereocenters. The Bertz CT molecular complexity index is 969. The molecular formula is C14H2F24. The third-order valence-corrected chi connectivity index (χ3v) is 6.21. The number of hydrogen-bond donors (Lipinski definition) is 0. The van der Waals surface area contributed by atoms with Crippen molar-refractivity contribution in [3.63, 3.8) is 0 Å². The Morgan fingerprint density at radius 3 is 0.974 bits per heavy atom. The van der Waals surface area contributed by atoms with Gasteiger partial charge in [0, 0.05) is 0 Å². The fourth-order valence-corrected chi connectivity index (χ4v) is 4.14. The van der Waals surface area contributed by atoms with Crippen molar-refractivity contribution in [3.05, 3.63) is 0 Å². The molecule has 0 bridgehead atoms. The van der Waals surface area contributed by atoms with Gasteiger partial charge >= 0.3 is 53.8 Å². The maximum Gasteiger partial charge on any atom is 0.382 e. The van der Waals surface area contributed by atoms with Gasteiger partial charge in [0.15, 0.2) is 0 Å². The first-order valence-corrected chi connectivity index (χ1v) is 8.48. The maximum atomic E-state index is 15.3. The maximum absolute atomic E-state index is 15.3. The summed E-state index contributed by atoms with van der Waals surface area (Å²) in [6.07, 6.45) is -13.8. The number of rotatable bonds is 4. The van der Waals surface area contributed by atoms with Crippen LogP contribution in [0.5, 0.6) is 0 Å². The highest BCUT2D eigenvalue weighted by Crippen LogP contribution is 2.83. The van der Waals surface area contributed by atoms with Crippen LogP contribution in [-0.4, -0.2) is 82.9 Å². The molecule has 2 aliphatic carbocycles. The van der Waals surface area contributed by atoms with E-state index in [1.54, 1.807) is 0 Å². The minimum atomic E-state index is -9.78. The Labute approximate surface area is 189 Å². The van der Waals surface area contributed by atoms with E-state index in [1.807, 2.05) is 0 Å². The van der Waals surface area contributed by atoms with Crippen molar-refractivity contribution in [3.8, 4) is 0 Å².